The molecule has 3 N–H and O–H groups in total. The van der Waals surface area contributed by atoms with Gasteiger partial charge in [-0.05, 0) is 30.5 Å². The topological polar surface area (TPSA) is 91.3 Å². The summed E-state index contributed by atoms with van der Waals surface area (Å²) in [7, 11) is 0. The molecule has 3 atom stereocenters. The van der Waals surface area contributed by atoms with Gasteiger partial charge in [0.1, 0.15) is 6.04 Å². The summed E-state index contributed by atoms with van der Waals surface area (Å²) in [6, 6.07) is 2.01. The first-order valence-electron chi connectivity index (χ1n) is 6.65. The molecule has 1 aromatic rings. The van der Waals surface area contributed by atoms with Crippen molar-refractivity contribution in [3.8, 4) is 0 Å². The van der Waals surface area contributed by atoms with E-state index in [1.165, 1.54) is 0 Å². The lowest BCUT2D eigenvalue weighted by Gasteiger charge is -2.22. The number of hydrogen-bond acceptors (Lipinski definition) is 3. The number of carbonyl (C=O) groups excluding carboxylic acids is 1. The zero-order valence-electron chi connectivity index (χ0n) is 12.0. The number of aromatic nitrogens is 1. The largest absolute Gasteiger partial charge is 0.480 e. The average Bonchev–Trinajstić information content (AvgIpc) is 2.44. The Morgan fingerprint density at radius 2 is 1.85 bits per heavy atom. The molecule has 2 amide bonds. The number of urea groups is 1. The molecule has 0 aliphatic carbocycles. The van der Waals surface area contributed by atoms with Crippen LogP contribution in [0.1, 0.15) is 38.8 Å². The fourth-order valence-electron chi connectivity index (χ4n) is 1.80. The molecule has 0 saturated carbocycles. The van der Waals surface area contributed by atoms with E-state index < -0.39 is 18.0 Å². The SMILES string of the molecule is CCC(C)C(NC(=O)NC(C)c1ccncc1)C(=O)O. The van der Waals surface area contributed by atoms with Crippen LogP contribution in [0.3, 0.4) is 0 Å². The molecule has 1 rings (SSSR count). The molecule has 0 aliphatic rings. The quantitative estimate of drug-likeness (QED) is 0.742. The lowest BCUT2D eigenvalue weighted by molar-refractivity contribution is -0.140. The lowest BCUT2D eigenvalue weighted by Crippen LogP contribution is -2.49. The van der Waals surface area contributed by atoms with Crippen molar-refractivity contribution in [1.82, 2.24) is 15.6 Å². The maximum Gasteiger partial charge on any atom is 0.326 e. The number of nitrogens with zero attached hydrogens (tertiary/aromatic N) is 1. The van der Waals surface area contributed by atoms with Gasteiger partial charge in [0.25, 0.3) is 0 Å². The zero-order chi connectivity index (χ0) is 15.1. The lowest BCUT2D eigenvalue weighted by atomic mass is 9.99. The van der Waals surface area contributed by atoms with Gasteiger partial charge in [-0.3, -0.25) is 4.98 Å². The number of carboxylic acids is 1. The normalized spacial score (nSPS) is 14.9. The van der Waals surface area contributed by atoms with Crippen LogP contribution in [0, 0.1) is 5.92 Å². The van der Waals surface area contributed by atoms with Crippen molar-refractivity contribution in [1.29, 1.82) is 0 Å². The van der Waals surface area contributed by atoms with E-state index in [0.29, 0.717) is 6.42 Å². The summed E-state index contributed by atoms with van der Waals surface area (Å²) in [4.78, 5) is 26.9. The summed E-state index contributed by atoms with van der Waals surface area (Å²) in [5.74, 6) is -1.15. The van der Waals surface area contributed by atoms with Crippen LogP contribution in [0.4, 0.5) is 4.79 Å². The van der Waals surface area contributed by atoms with Gasteiger partial charge in [0, 0.05) is 12.4 Å². The number of hydrogen-bond donors (Lipinski definition) is 3. The monoisotopic (exact) mass is 279 g/mol. The van der Waals surface area contributed by atoms with Crippen LogP contribution in [0.25, 0.3) is 0 Å². The summed E-state index contributed by atoms with van der Waals surface area (Å²) < 4.78 is 0. The van der Waals surface area contributed by atoms with Crippen molar-refractivity contribution in [2.24, 2.45) is 5.92 Å². The molecule has 110 valence electrons. The standard InChI is InChI=1S/C14H21N3O3/c1-4-9(2)12(13(18)19)17-14(20)16-10(3)11-5-7-15-8-6-11/h5-10,12H,4H2,1-3H3,(H,18,19)(H2,16,17,20). The van der Waals surface area contributed by atoms with E-state index in [4.69, 9.17) is 5.11 Å². The number of carboxylic acid groups (broad SMARTS) is 1. The van der Waals surface area contributed by atoms with Crippen LogP contribution < -0.4 is 10.6 Å². The van der Waals surface area contributed by atoms with Gasteiger partial charge >= 0.3 is 12.0 Å². The van der Waals surface area contributed by atoms with E-state index in [1.54, 1.807) is 31.5 Å². The number of amides is 2. The molecule has 20 heavy (non-hydrogen) atoms. The predicted molar refractivity (Wildman–Crippen MR) is 75.2 cm³/mol. The first-order chi connectivity index (χ1) is 9.45. The summed E-state index contributed by atoms with van der Waals surface area (Å²) in [5, 5.41) is 14.3. The van der Waals surface area contributed by atoms with Crippen LogP contribution in [-0.2, 0) is 4.79 Å². The molecule has 0 saturated heterocycles. The maximum atomic E-state index is 11.9. The van der Waals surface area contributed by atoms with Crippen molar-refractivity contribution >= 4 is 12.0 Å². The first kappa shape index (κ1) is 15.9. The molecule has 6 nitrogen and oxygen atoms in total. The van der Waals surface area contributed by atoms with Gasteiger partial charge in [0.2, 0.25) is 0 Å². The second kappa shape index (κ2) is 7.47. The van der Waals surface area contributed by atoms with Crippen LogP contribution in [0.2, 0.25) is 0 Å². The van der Waals surface area contributed by atoms with Gasteiger partial charge in [-0.2, -0.15) is 0 Å². The Morgan fingerprint density at radius 1 is 1.25 bits per heavy atom. The average molecular weight is 279 g/mol. The van der Waals surface area contributed by atoms with Gasteiger partial charge < -0.3 is 15.7 Å². The number of carbonyl (C=O) groups is 2. The Labute approximate surface area is 118 Å². The fourth-order valence-corrected chi connectivity index (χ4v) is 1.80. The third-order valence-electron chi connectivity index (χ3n) is 3.32. The van der Waals surface area contributed by atoms with E-state index in [-0.39, 0.29) is 12.0 Å². The van der Waals surface area contributed by atoms with Crippen molar-refractivity contribution in [3.63, 3.8) is 0 Å². The van der Waals surface area contributed by atoms with E-state index >= 15 is 0 Å². The summed E-state index contributed by atoms with van der Waals surface area (Å²) >= 11 is 0. The van der Waals surface area contributed by atoms with Gasteiger partial charge in [0.05, 0.1) is 6.04 Å². The summed E-state index contributed by atoms with van der Waals surface area (Å²) in [6.45, 7) is 5.51. The third-order valence-corrected chi connectivity index (χ3v) is 3.32. The van der Waals surface area contributed by atoms with Crippen molar-refractivity contribution in [2.45, 2.75) is 39.3 Å². The van der Waals surface area contributed by atoms with Crippen LogP contribution in [0.5, 0.6) is 0 Å². The summed E-state index contributed by atoms with van der Waals surface area (Å²) in [5.41, 5.74) is 0.908. The van der Waals surface area contributed by atoms with Gasteiger partial charge in [-0.15, -0.1) is 0 Å². The fraction of sp³-hybridized carbons (Fsp3) is 0.500. The Bertz CT molecular complexity index is 450. The Balaban J connectivity index is 2.60. The molecule has 1 aromatic heterocycles. The van der Waals surface area contributed by atoms with Crippen LogP contribution in [0.15, 0.2) is 24.5 Å². The molecule has 6 heteroatoms. The minimum atomic E-state index is -1.02. The van der Waals surface area contributed by atoms with E-state index in [9.17, 15) is 9.59 Å². The third kappa shape index (κ3) is 4.53. The number of pyridine rings is 1. The van der Waals surface area contributed by atoms with E-state index in [1.807, 2.05) is 13.8 Å². The second-order valence-corrected chi connectivity index (χ2v) is 4.82. The van der Waals surface area contributed by atoms with Crippen molar-refractivity contribution in [2.75, 3.05) is 0 Å². The molecular weight excluding hydrogens is 258 g/mol. The number of rotatable bonds is 6. The molecule has 0 bridgehead atoms. The second-order valence-electron chi connectivity index (χ2n) is 4.82. The highest BCUT2D eigenvalue weighted by Crippen LogP contribution is 2.11. The highest BCUT2D eigenvalue weighted by atomic mass is 16.4. The molecule has 0 aromatic carbocycles. The Morgan fingerprint density at radius 3 is 2.35 bits per heavy atom. The minimum absolute atomic E-state index is 0.130. The predicted octanol–water partition coefficient (Wildman–Crippen LogP) is 1.94. The molecule has 3 unspecified atom stereocenters. The van der Waals surface area contributed by atoms with Crippen LogP contribution >= 0.6 is 0 Å². The minimum Gasteiger partial charge on any atom is -0.480 e. The highest BCUT2D eigenvalue weighted by Gasteiger charge is 2.25. The Hall–Kier alpha value is -2.11. The van der Waals surface area contributed by atoms with Gasteiger partial charge in [-0.1, -0.05) is 20.3 Å². The number of nitrogens with one attached hydrogen (secondary N) is 2. The number of aliphatic carboxylic acids is 1. The molecule has 0 fully saturated rings. The van der Waals surface area contributed by atoms with E-state index in [0.717, 1.165) is 5.56 Å². The molecule has 0 radical (unpaired) electrons. The van der Waals surface area contributed by atoms with Gasteiger partial charge in [0.15, 0.2) is 0 Å². The zero-order valence-corrected chi connectivity index (χ0v) is 12.0. The molecular formula is C14H21N3O3. The van der Waals surface area contributed by atoms with Gasteiger partial charge in [-0.25, -0.2) is 9.59 Å². The maximum absolute atomic E-state index is 11.9. The smallest absolute Gasteiger partial charge is 0.326 e. The Kier molecular flexibility index (Phi) is 5.96. The van der Waals surface area contributed by atoms with Crippen molar-refractivity contribution < 1.29 is 14.7 Å². The van der Waals surface area contributed by atoms with E-state index in [2.05, 4.69) is 15.6 Å². The first-order valence-corrected chi connectivity index (χ1v) is 6.65. The molecule has 1 heterocycles. The molecule has 0 aliphatic heterocycles. The summed E-state index contributed by atoms with van der Waals surface area (Å²) in [6.07, 6.45) is 3.96. The van der Waals surface area contributed by atoms with Crippen molar-refractivity contribution in [3.05, 3.63) is 30.1 Å². The molecule has 0 spiro atoms. The highest BCUT2D eigenvalue weighted by molar-refractivity contribution is 5.82. The van der Waals surface area contributed by atoms with Crippen LogP contribution in [-0.4, -0.2) is 28.1 Å².